The second kappa shape index (κ2) is 7.76. The first-order valence-electron chi connectivity index (χ1n) is 7.70. The Hall–Kier alpha value is -2.37. The number of ether oxygens (including phenoxy) is 1. The molecule has 1 aromatic carbocycles. The van der Waals surface area contributed by atoms with E-state index in [4.69, 9.17) is 9.15 Å². The summed E-state index contributed by atoms with van der Waals surface area (Å²) in [6.45, 7) is 5.92. The highest BCUT2D eigenvalue weighted by molar-refractivity contribution is 5.78. The van der Waals surface area contributed by atoms with Gasteiger partial charge in [-0.3, -0.25) is 4.79 Å². The summed E-state index contributed by atoms with van der Waals surface area (Å²) >= 11 is 0. The van der Waals surface area contributed by atoms with Crippen molar-refractivity contribution >= 4 is 5.91 Å². The maximum atomic E-state index is 12.3. The van der Waals surface area contributed by atoms with E-state index in [9.17, 15) is 4.79 Å². The zero-order valence-electron chi connectivity index (χ0n) is 14.0. The van der Waals surface area contributed by atoms with Gasteiger partial charge in [0.15, 0.2) is 0 Å². The summed E-state index contributed by atoms with van der Waals surface area (Å²) in [5.74, 6) is 2.05. The number of hydrogen-bond acceptors (Lipinski definition) is 5. The number of amides is 1. The quantitative estimate of drug-likeness (QED) is 0.849. The number of carbonyl (C=O) groups excluding carboxylic acids is 1. The first-order chi connectivity index (χ1) is 11.0. The summed E-state index contributed by atoms with van der Waals surface area (Å²) in [4.78, 5) is 12.3. The fourth-order valence-corrected chi connectivity index (χ4v) is 2.32. The van der Waals surface area contributed by atoms with E-state index in [2.05, 4.69) is 29.4 Å². The Morgan fingerprint density at radius 1 is 1.26 bits per heavy atom. The summed E-state index contributed by atoms with van der Waals surface area (Å²) in [6.07, 6.45) is 1.04. The van der Waals surface area contributed by atoms with Crippen LogP contribution in [0.3, 0.4) is 0 Å². The van der Waals surface area contributed by atoms with Crippen LogP contribution < -0.4 is 10.1 Å². The minimum absolute atomic E-state index is 0.0725. The van der Waals surface area contributed by atoms with Gasteiger partial charge in [-0.25, -0.2) is 0 Å². The summed E-state index contributed by atoms with van der Waals surface area (Å²) in [5, 5.41) is 10.9. The van der Waals surface area contributed by atoms with Crippen molar-refractivity contribution in [1.29, 1.82) is 0 Å². The Labute approximate surface area is 136 Å². The summed E-state index contributed by atoms with van der Waals surface area (Å²) in [6, 6.07) is 7.19. The van der Waals surface area contributed by atoms with E-state index in [0.717, 1.165) is 17.7 Å². The zero-order chi connectivity index (χ0) is 16.8. The van der Waals surface area contributed by atoms with Gasteiger partial charge in [0, 0.05) is 6.92 Å². The molecule has 0 spiro atoms. The van der Waals surface area contributed by atoms with Crippen molar-refractivity contribution in [3.05, 3.63) is 41.6 Å². The second-order valence-corrected chi connectivity index (χ2v) is 5.93. The molecule has 1 aromatic heterocycles. The molecule has 1 N–H and O–H groups in total. The molecule has 0 aliphatic carbocycles. The van der Waals surface area contributed by atoms with Crippen LogP contribution in [0.25, 0.3) is 0 Å². The third kappa shape index (κ3) is 5.09. The molecular weight excluding hydrogens is 294 g/mol. The van der Waals surface area contributed by atoms with Gasteiger partial charge in [0.25, 0.3) is 0 Å². The number of nitrogens with zero attached hydrogens (tertiary/aromatic N) is 2. The molecule has 2 rings (SSSR count). The number of aryl methyl sites for hydroxylation is 1. The van der Waals surface area contributed by atoms with Crippen LogP contribution in [-0.2, 0) is 11.2 Å². The average molecular weight is 317 g/mol. The van der Waals surface area contributed by atoms with E-state index in [1.807, 2.05) is 24.3 Å². The van der Waals surface area contributed by atoms with Gasteiger partial charge < -0.3 is 14.5 Å². The van der Waals surface area contributed by atoms with E-state index >= 15 is 0 Å². The van der Waals surface area contributed by atoms with Crippen LogP contribution in [-0.4, -0.2) is 23.2 Å². The van der Waals surface area contributed by atoms with Crippen molar-refractivity contribution in [2.24, 2.45) is 5.92 Å². The Bertz CT molecular complexity index is 635. The standard InChI is InChI=1S/C17H23N3O3/c1-11(2)9-15(17-20-19-12(3)23-17)18-16(21)10-13-5-7-14(22-4)8-6-13/h5-8,11,15H,9-10H2,1-4H3,(H,18,21). The molecule has 2 aromatic rings. The minimum Gasteiger partial charge on any atom is -0.497 e. The van der Waals surface area contributed by atoms with Gasteiger partial charge in [-0.1, -0.05) is 26.0 Å². The van der Waals surface area contributed by atoms with E-state index in [1.165, 1.54) is 0 Å². The summed E-state index contributed by atoms with van der Waals surface area (Å²) < 4.78 is 10.6. The molecule has 1 unspecified atom stereocenters. The molecule has 0 fully saturated rings. The molecule has 124 valence electrons. The topological polar surface area (TPSA) is 77.2 Å². The molecule has 1 heterocycles. The Morgan fingerprint density at radius 3 is 2.48 bits per heavy atom. The first kappa shape index (κ1) is 17.0. The lowest BCUT2D eigenvalue weighted by atomic mass is 10.0. The van der Waals surface area contributed by atoms with Gasteiger partial charge in [-0.15, -0.1) is 10.2 Å². The number of methoxy groups -OCH3 is 1. The van der Waals surface area contributed by atoms with Crippen LogP contribution in [0.4, 0.5) is 0 Å². The van der Waals surface area contributed by atoms with Gasteiger partial charge in [0.2, 0.25) is 17.7 Å². The molecule has 0 aliphatic rings. The first-order valence-corrected chi connectivity index (χ1v) is 7.70. The highest BCUT2D eigenvalue weighted by Gasteiger charge is 2.21. The lowest BCUT2D eigenvalue weighted by Crippen LogP contribution is -2.31. The normalized spacial score (nSPS) is 12.2. The maximum absolute atomic E-state index is 12.3. The van der Waals surface area contributed by atoms with Crippen LogP contribution in [0.1, 0.15) is 43.7 Å². The van der Waals surface area contributed by atoms with Crippen LogP contribution >= 0.6 is 0 Å². The molecule has 0 saturated heterocycles. The molecule has 0 bridgehead atoms. The molecule has 0 aliphatic heterocycles. The van der Waals surface area contributed by atoms with Gasteiger partial charge in [0.05, 0.1) is 13.5 Å². The van der Waals surface area contributed by atoms with Crippen molar-refractivity contribution in [2.75, 3.05) is 7.11 Å². The van der Waals surface area contributed by atoms with E-state index in [1.54, 1.807) is 14.0 Å². The monoisotopic (exact) mass is 317 g/mol. The third-order valence-corrected chi connectivity index (χ3v) is 3.41. The number of aromatic nitrogens is 2. The van der Waals surface area contributed by atoms with Gasteiger partial charge >= 0.3 is 0 Å². The largest absolute Gasteiger partial charge is 0.497 e. The van der Waals surface area contributed by atoms with Crippen LogP contribution in [0.15, 0.2) is 28.7 Å². The molecule has 6 nitrogen and oxygen atoms in total. The van der Waals surface area contributed by atoms with Crippen LogP contribution in [0.2, 0.25) is 0 Å². The molecule has 0 radical (unpaired) electrons. The summed E-state index contributed by atoms with van der Waals surface area (Å²) in [5.41, 5.74) is 0.924. The van der Waals surface area contributed by atoms with Gasteiger partial charge in [-0.05, 0) is 30.0 Å². The highest BCUT2D eigenvalue weighted by Crippen LogP contribution is 2.20. The number of carbonyl (C=O) groups is 1. The van der Waals surface area contributed by atoms with Crippen molar-refractivity contribution in [1.82, 2.24) is 15.5 Å². The molecule has 0 saturated carbocycles. The maximum Gasteiger partial charge on any atom is 0.238 e. The van der Waals surface area contributed by atoms with Crippen LogP contribution in [0, 0.1) is 12.8 Å². The number of benzene rings is 1. The van der Waals surface area contributed by atoms with E-state index < -0.39 is 0 Å². The zero-order valence-corrected chi connectivity index (χ0v) is 14.0. The Balaban J connectivity index is 2.01. The number of hydrogen-bond donors (Lipinski definition) is 1. The predicted molar refractivity (Wildman–Crippen MR) is 86.1 cm³/mol. The smallest absolute Gasteiger partial charge is 0.238 e. The molecule has 1 amide bonds. The lowest BCUT2D eigenvalue weighted by Gasteiger charge is -2.17. The number of nitrogens with one attached hydrogen (secondary N) is 1. The van der Waals surface area contributed by atoms with Crippen molar-refractivity contribution < 1.29 is 13.9 Å². The van der Waals surface area contributed by atoms with E-state index in [-0.39, 0.29) is 11.9 Å². The highest BCUT2D eigenvalue weighted by atomic mass is 16.5. The van der Waals surface area contributed by atoms with E-state index in [0.29, 0.717) is 24.1 Å². The fourth-order valence-electron chi connectivity index (χ4n) is 2.32. The average Bonchev–Trinajstić information content (AvgIpc) is 2.93. The number of rotatable bonds is 7. The van der Waals surface area contributed by atoms with Crippen molar-refractivity contribution in [3.8, 4) is 5.75 Å². The Morgan fingerprint density at radius 2 is 1.96 bits per heavy atom. The van der Waals surface area contributed by atoms with Crippen LogP contribution in [0.5, 0.6) is 5.75 Å². The molecule has 6 heteroatoms. The second-order valence-electron chi connectivity index (χ2n) is 5.93. The lowest BCUT2D eigenvalue weighted by molar-refractivity contribution is -0.121. The Kier molecular flexibility index (Phi) is 5.73. The van der Waals surface area contributed by atoms with Gasteiger partial charge in [-0.2, -0.15) is 0 Å². The third-order valence-electron chi connectivity index (χ3n) is 3.41. The predicted octanol–water partition coefficient (Wildman–Crippen LogP) is 2.83. The molecule has 23 heavy (non-hydrogen) atoms. The van der Waals surface area contributed by atoms with Gasteiger partial charge in [0.1, 0.15) is 11.8 Å². The summed E-state index contributed by atoms with van der Waals surface area (Å²) in [7, 11) is 1.62. The van der Waals surface area contributed by atoms with Crippen molar-refractivity contribution in [3.63, 3.8) is 0 Å². The van der Waals surface area contributed by atoms with Crippen molar-refractivity contribution in [2.45, 2.75) is 39.7 Å². The minimum atomic E-state index is -0.262. The molecule has 1 atom stereocenters. The SMILES string of the molecule is COc1ccc(CC(=O)NC(CC(C)C)c2nnc(C)o2)cc1. The molecular formula is C17H23N3O3. The fraction of sp³-hybridized carbons (Fsp3) is 0.471.